The summed E-state index contributed by atoms with van der Waals surface area (Å²) in [6.45, 7) is 1.27. The maximum Gasteiger partial charge on any atom is 0.124 e. The van der Waals surface area contributed by atoms with Crippen molar-refractivity contribution in [1.29, 1.82) is 0 Å². The number of benzene rings is 1. The zero-order valence-electron chi connectivity index (χ0n) is 10.6. The molecule has 1 N–H and O–H groups in total. The van der Waals surface area contributed by atoms with Gasteiger partial charge in [-0.3, -0.25) is 0 Å². The molecule has 1 aromatic heterocycles. The van der Waals surface area contributed by atoms with E-state index in [2.05, 4.69) is 5.32 Å². The fourth-order valence-electron chi connectivity index (χ4n) is 1.89. The molecule has 0 aliphatic heterocycles. The van der Waals surface area contributed by atoms with E-state index in [0.717, 1.165) is 23.6 Å². The standard InChI is InChI=1S/C15H16ClNO2/c16-12-2-1-3-14(8-12)19-10-11-6-7-18-15(11)9-17-13-4-5-13/h1-3,6-8,13,17H,4-5,9-10H2. The monoisotopic (exact) mass is 277 g/mol. The normalized spacial score (nSPS) is 14.6. The summed E-state index contributed by atoms with van der Waals surface area (Å²) in [5.74, 6) is 1.73. The van der Waals surface area contributed by atoms with Crippen LogP contribution < -0.4 is 10.1 Å². The molecule has 0 radical (unpaired) electrons. The zero-order chi connectivity index (χ0) is 13.1. The summed E-state index contributed by atoms with van der Waals surface area (Å²) < 4.78 is 11.2. The Morgan fingerprint density at radius 1 is 1.32 bits per heavy atom. The lowest BCUT2D eigenvalue weighted by Crippen LogP contribution is -2.16. The minimum absolute atomic E-state index is 0.499. The van der Waals surface area contributed by atoms with Gasteiger partial charge in [-0.25, -0.2) is 0 Å². The van der Waals surface area contributed by atoms with Gasteiger partial charge in [0.15, 0.2) is 0 Å². The summed E-state index contributed by atoms with van der Waals surface area (Å²) in [6, 6.07) is 10.0. The molecule has 0 unspecified atom stereocenters. The van der Waals surface area contributed by atoms with Gasteiger partial charge in [0.05, 0.1) is 12.8 Å². The van der Waals surface area contributed by atoms with Gasteiger partial charge in [-0.2, -0.15) is 0 Å². The minimum Gasteiger partial charge on any atom is -0.489 e. The number of furan rings is 1. The average Bonchev–Trinajstić information content (AvgIpc) is 3.13. The van der Waals surface area contributed by atoms with Crippen LogP contribution in [0.2, 0.25) is 5.02 Å². The molecule has 0 amide bonds. The van der Waals surface area contributed by atoms with Crippen LogP contribution in [-0.4, -0.2) is 6.04 Å². The first-order valence-corrected chi connectivity index (χ1v) is 6.86. The lowest BCUT2D eigenvalue weighted by atomic mass is 10.2. The van der Waals surface area contributed by atoms with Crippen molar-refractivity contribution in [2.24, 2.45) is 0 Å². The van der Waals surface area contributed by atoms with Gasteiger partial charge in [0.2, 0.25) is 0 Å². The maximum absolute atomic E-state index is 5.92. The highest BCUT2D eigenvalue weighted by Gasteiger charge is 2.21. The molecule has 4 heteroatoms. The van der Waals surface area contributed by atoms with Gasteiger partial charge in [-0.05, 0) is 37.1 Å². The Morgan fingerprint density at radius 2 is 2.21 bits per heavy atom. The molecular weight excluding hydrogens is 262 g/mol. The maximum atomic E-state index is 5.92. The molecule has 3 nitrogen and oxygen atoms in total. The quantitative estimate of drug-likeness (QED) is 0.873. The Hall–Kier alpha value is -1.45. The van der Waals surface area contributed by atoms with Gasteiger partial charge in [0, 0.05) is 16.6 Å². The number of halogens is 1. The van der Waals surface area contributed by atoms with E-state index in [1.807, 2.05) is 30.3 Å². The van der Waals surface area contributed by atoms with Gasteiger partial charge >= 0.3 is 0 Å². The molecule has 1 saturated carbocycles. The van der Waals surface area contributed by atoms with E-state index >= 15 is 0 Å². The summed E-state index contributed by atoms with van der Waals surface area (Å²) in [7, 11) is 0. The first kappa shape index (κ1) is 12.6. The number of hydrogen-bond donors (Lipinski definition) is 1. The van der Waals surface area contributed by atoms with Gasteiger partial charge in [-0.1, -0.05) is 17.7 Å². The Bertz CT molecular complexity index is 549. The molecule has 3 rings (SSSR count). The SMILES string of the molecule is Clc1cccc(OCc2ccoc2CNC2CC2)c1. The van der Waals surface area contributed by atoms with E-state index in [-0.39, 0.29) is 0 Å². The Kier molecular flexibility index (Phi) is 3.76. The third-order valence-electron chi connectivity index (χ3n) is 3.16. The molecular formula is C15H16ClNO2. The van der Waals surface area contributed by atoms with E-state index in [0.29, 0.717) is 17.7 Å². The molecule has 1 aliphatic carbocycles. The van der Waals surface area contributed by atoms with E-state index in [1.54, 1.807) is 6.26 Å². The van der Waals surface area contributed by atoms with E-state index in [1.165, 1.54) is 12.8 Å². The fourth-order valence-corrected chi connectivity index (χ4v) is 2.07. The fraction of sp³-hybridized carbons (Fsp3) is 0.333. The van der Waals surface area contributed by atoms with Crippen molar-refractivity contribution in [2.75, 3.05) is 0 Å². The van der Waals surface area contributed by atoms with Gasteiger partial charge < -0.3 is 14.5 Å². The van der Waals surface area contributed by atoms with Crippen molar-refractivity contribution in [2.45, 2.75) is 32.0 Å². The third-order valence-corrected chi connectivity index (χ3v) is 3.39. The van der Waals surface area contributed by atoms with Crippen LogP contribution in [-0.2, 0) is 13.2 Å². The van der Waals surface area contributed by atoms with E-state index in [4.69, 9.17) is 20.8 Å². The van der Waals surface area contributed by atoms with Crippen LogP contribution in [0.15, 0.2) is 41.0 Å². The average molecular weight is 278 g/mol. The van der Waals surface area contributed by atoms with Crippen LogP contribution in [0.3, 0.4) is 0 Å². The molecule has 0 spiro atoms. The second-order valence-electron chi connectivity index (χ2n) is 4.77. The number of hydrogen-bond acceptors (Lipinski definition) is 3. The Balaban J connectivity index is 1.58. The molecule has 1 fully saturated rings. The highest BCUT2D eigenvalue weighted by molar-refractivity contribution is 6.30. The summed E-state index contributed by atoms with van der Waals surface area (Å²) in [5.41, 5.74) is 1.08. The van der Waals surface area contributed by atoms with Crippen molar-refractivity contribution in [3.63, 3.8) is 0 Å². The van der Waals surface area contributed by atoms with Crippen molar-refractivity contribution in [1.82, 2.24) is 5.32 Å². The second kappa shape index (κ2) is 5.68. The second-order valence-corrected chi connectivity index (χ2v) is 5.21. The van der Waals surface area contributed by atoms with Crippen LogP contribution >= 0.6 is 11.6 Å². The van der Waals surface area contributed by atoms with Crippen LogP contribution in [0.25, 0.3) is 0 Å². The van der Waals surface area contributed by atoms with Crippen LogP contribution in [0.1, 0.15) is 24.2 Å². The lowest BCUT2D eigenvalue weighted by molar-refractivity contribution is 0.301. The molecule has 0 saturated heterocycles. The minimum atomic E-state index is 0.499. The predicted octanol–water partition coefficient (Wildman–Crippen LogP) is 3.76. The largest absolute Gasteiger partial charge is 0.489 e. The summed E-state index contributed by atoms with van der Waals surface area (Å²) in [6.07, 6.45) is 4.25. The topological polar surface area (TPSA) is 34.4 Å². The smallest absolute Gasteiger partial charge is 0.124 e. The Labute approximate surface area is 117 Å². The van der Waals surface area contributed by atoms with Crippen molar-refractivity contribution in [3.8, 4) is 5.75 Å². The van der Waals surface area contributed by atoms with Gasteiger partial charge in [0.25, 0.3) is 0 Å². The van der Waals surface area contributed by atoms with E-state index in [9.17, 15) is 0 Å². The molecule has 1 heterocycles. The first-order chi connectivity index (χ1) is 9.31. The summed E-state index contributed by atoms with van der Waals surface area (Å²) >= 11 is 5.92. The van der Waals surface area contributed by atoms with Crippen molar-refractivity contribution < 1.29 is 9.15 Å². The highest BCUT2D eigenvalue weighted by atomic mass is 35.5. The third kappa shape index (κ3) is 3.52. The Morgan fingerprint density at radius 3 is 3.00 bits per heavy atom. The van der Waals surface area contributed by atoms with Crippen LogP contribution in [0.5, 0.6) is 5.75 Å². The molecule has 19 heavy (non-hydrogen) atoms. The number of ether oxygens (including phenoxy) is 1. The zero-order valence-corrected chi connectivity index (χ0v) is 11.3. The van der Waals surface area contributed by atoms with E-state index < -0.39 is 0 Å². The molecule has 1 aliphatic rings. The number of rotatable bonds is 6. The molecule has 0 atom stereocenters. The van der Waals surface area contributed by atoms with Crippen LogP contribution in [0, 0.1) is 0 Å². The van der Waals surface area contributed by atoms with Gasteiger partial charge in [-0.15, -0.1) is 0 Å². The summed E-state index contributed by atoms with van der Waals surface area (Å²) in [4.78, 5) is 0. The molecule has 0 bridgehead atoms. The number of nitrogens with one attached hydrogen (secondary N) is 1. The highest BCUT2D eigenvalue weighted by Crippen LogP contribution is 2.22. The van der Waals surface area contributed by atoms with Crippen LogP contribution in [0.4, 0.5) is 0 Å². The first-order valence-electron chi connectivity index (χ1n) is 6.48. The van der Waals surface area contributed by atoms with Crippen molar-refractivity contribution in [3.05, 3.63) is 52.9 Å². The molecule has 100 valence electrons. The lowest BCUT2D eigenvalue weighted by Gasteiger charge is -2.07. The molecule has 2 aromatic rings. The predicted molar refractivity (Wildman–Crippen MR) is 74.4 cm³/mol. The molecule has 1 aromatic carbocycles. The summed E-state index contributed by atoms with van der Waals surface area (Å²) in [5, 5.41) is 4.12. The van der Waals surface area contributed by atoms with Crippen molar-refractivity contribution >= 4 is 11.6 Å². The van der Waals surface area contributed by atoms with Gasteiger partial charge in [0.1, 0.15) is 18.1 Å².